The Kier molecular flexibility index (Phi) is 7.10. The molecule has 0 saturated carbocycles. The molecule has 6 nitrogen and oxygen atoms in total. The van der Waals surface area contributed by atoms with Crippen molar-refractivity contribution in [3.63, 3.8) is 0 Å². The molecule has 1 aliphatic heterocycles. The highest BCUT2D eigenvalue weighted by Gasteiger charge is 2.50. The Bertz CT molecular complexity index is 758. The lowest BCUT2D eigenvalue weighted by Gasteiger charge is -2.32. The summed E-state index contributed by atoms with van der Waals surface area (Å²) >= 11 is 0. The van der Waals surface area contributed by atoms with Crippen LogP contribution in [0, 0.1) is 6.92 Å². The van der Waals surface area contributed by atoms with E-state index in [1.54, 1.807) is 7.05 Å². The second-order valence-corrected chi connectivity index (χ2v) is 8.44. The first-order valence-electron chi connectivity index (χ1n) is 8.72. The smallest absolute Gasteiger partial charge is 0.356 e. The van der Waals surface area contributed by atoms with E-state index in [1.165, 1.54) is 11.1 Å². The lowest BCUT2D eigenvalue weighted by Crippen LogP contribution is -2.51. The average molecular weight is 406 g/mol. The predicted molar refractivity (Wildman–Crippen MR) is 99.0 cm³/mol. The van der Waals surface area contributed by atoms with E-state index >= 15 is 0 Å². The van der Waals surface area contributed by atoms with Crippen LogP contribution in [-0.4, -0.2) is 56.9 Å². The van der Waals surface area contributed by atoms with Gasteiger partial charge >= 0.3 is 15.5 Å². The Morgan fingerprint density at radius 3 is 2.52 bits per heavy atom. The number of piperidine rings is 1. The number of alkyl halides is 3. The van der Waals surface area contributed by atoms with Crippen molar-refractivity contribution in [1.29, 1.82) is 0 Å². The maximum atomic E-state index is 12.6. The third-order valence-corrected chi connectivity index (χ3v) is 6.07. The minimum absolute atomic E-state index is 0.130. The van der Waals surface area contributed by atoms with E-state index in [4.69, 9.17) is 0 Å². The van der Waals surface area contributed by atoms with E-state index < -0.39 is 15.5 Å². The van der Waals surface area contributed by atoms with Gasteiger partial charge in [-0.25, -0.2) is 8.42 Å². The molecular formula is C17H25F3N4O2S. The Balaban J connectivity index is 1.79. The van der Waals surface area contributed by atoms with Crippen LogP contribution in [0.3, 0.4) is 0 Å². The Labute approximate surface area is 157 Å². The van der Waals surface area contributed by atoms with Crippen LogP contribution in [0.5, 0.6) is 0 Å². The number of nitrogens with one attached hydrogen (secondary N) is 2. The first-order chi connectivity index (χ1) is 12.6. The SMILES string of the molecule is CN=C(NCCc1cccc(C)c1)NC1CCN(S(=O)(=O)C(F)(F)F)CC1. The van der Waals surface area contributed by atoms with Crippen molar-refractivity contribution in [3.05, 3.63) is 35.4 Å². The summed E-state index contributed by atoms with van der Waals surface area (Å²) in [6, 6.07) is 8.05. The van der Waals surface area contributed by atoms with E-state index in [0.29, 0.717) is 16.8 Å². The van der Waals surface area contributed by atoms with Gasteiger partial charge in [-0.1, -0.05) is 29.8 Å². The van der Waals surface area contributed by atoms with Crippen molar-refractivity contribution < 1.29 is 21.6 Å². The number of benzene rings is 1. The lowest BCUT2D eigenvalue weighted by atomic mass is 10.1. The fourth-order valence-corrected chi connectivity index (χ4v) is 3.95. The molecule has 2 rings (SSSR count). The van der Waals surface area contributed by atoms with Crippen LogP contribution in [0.4, 0.5) is 13.2 Å². The quantitative estimate of drug-likeness (QED) is 0.580. The summed E-state index contributed by atoms with van der Waals surface area (Å²) in [4.78, 5) is 4.12. The van der Waals surface area contributed by atoms with Gasteiger partial charge in [0.25, 0.3) is 0 Å². The lowest BCUT2D eigenvalue weighted by molar-refractivity contribution is -0.0494. The van der Waals surface area contributed by atoms with Crippen LogP contribution in [0.2, 0.25) is 0 Å². The second-order valence-electron chi connectivity index (χ2n) is 6.51. The Hall–Kier alpha value is -1.81. The van der Waals surface area contributed by atoms with Crippen molar-refractivity contribution in [3.8, 4) is 0 Å². The zero-order valence-electron chi connectivity index (χ0n) is 15.4. The topological polar surface area (TPSA) is 73.8 Å². The molecule has 0 aromatic heterocycles. The number of halogens is 3. The molecule has 1 aromatic rings. The number of hydrogen-bond donors (Lipinski definition) is 2. The van der Waals surface area contributed by atoms with Crippen LogP contribution in [0.15, 0.2) is 29.3 Å². The summed E-state index contributed by atoms with van der Waals surface area (Å²) in [7, 11) is -3.63. The van der Waals surface area contributed by atoms with Gasteiger partial charge in [0.1, 0.15) is 0 Å². The van der Waals surface area contributed by atoms with Crippen LogP contribution in [0.25, 0.3) is 0 Å². The molecule has 27 heavy (non-hydrogen) atoms. The van der Waals surface area contributed by atoms with Crippen LogP contribution in [-0.2, 0) is 16.4 Å². The summed E-state index contributed by atoms with van der Waals surface area (Å²) in [5.41, 5.74) is -2.86. The van der Waals surface area contributed by atoms with E-state index in [9.17, 15) is 21.6 Å². The minimum atomic E-state index is -5.25. The molecule has 0 radical (unpaired) electrons. The fourth-order valence-electron chi connectivity index (χ4n) is 2.97. The summed E-state index contributed by atoms with van der Waals surface area (Å²) in [6.45, 7) is 2.35. The molecule has 1 aromatic carbocycles. The van der Waals surface area contributed by atoms with Crippen molar-refractivity contribution in [1.82, 2.24) is 14.9 Å². The molecule has 1 aliphatic rings. The third-order valence-electron chi connectivity index (χ3n) is 4.44. The Morgan fingerprint density at radius 2 is 1.96 bits per heavy atom. The average Bonchev–Trinajstić information content (AvgIpc) is 2.60. The largest absolute Gasteiger partial charge is 0.511 e. The molecule has 0 unspecified atom stereocenters. The van der Waals surface area contributed by atoms with Crippen molar-refractivity contribution >= 4 is 16.0 Å². The van der Waals surface area contributed by atoms with E-state index in [1.807, 2.05) is 25.1 Å². The number of sulfonamides is 1. The van der Waals surface area contributed by atoms with Gasteiger partial charge in [0.05, 0.1) is 0 Å². The molecule has 1 fully saturated rings. The number of rotatable bonds is 5. The maximum absolute atomic E-state index is 12.6. The molecule has 152 valence electrons. The number of aryl methyl sites for hydroxylation is 1. The molecule has 2 N–H and O–H groups in total. The molecule has 0 spiro atoms. The first kappa shape index (κ1) is 21.5. The van der Waals surface area contributed by atoms with Crippen molar-refractivity contribution in [2.45, 2.75) is 37.7 Å². The van der Waals surface area contributed by atoms with Crippen LogP contribution in [0.1, 0.15) is 24.0 Å². The summed E-state index contributed by atoms with van der Waals surface area (Å²) in [5, 5.41) is 6.33. The highest BCUT2D eigenvalue weighted by molar-refractivity contribution is 7.90. The first-order valence-corrected chi connectivity index (χ1v) is 10.2. The van der Waals surface area contributed by atoms with Gasteiger partial charge in [-0.2, -0.15) is 17.5 Å². The van der Waals surface area contributed by atoms with Gasteiger partial charge in [-0.15, -0.1) is 0 Å². The molecule has 0 bridgehead atoms. The van der Waals surface area contributed by atoms with Crippen molar-refractivity contribution in [2.24, 2.45) is 4.99 Å². The summed E-state index contributed by atoms with van der Waals surface area (Å²) in [5.74, 6) is 0.555. The van der Waals surface area contributed by atoms with Gasteiger partial charge in [0.2, 0.25) is 0 Å². The standard InChI is InChI=1S/C17H25F3N4O2S/c1-13-4-3-5-14(12-13)6-9-22-16(21-2)23-15-7-10-24(11-8-15)27(25,26)17(18,19)20/h3-5,12,15H,6-11H2,1-2H3,(H2,21,22,23). The van der Waals surface area contributed by atoms with Gasteiger partial charge in [-0.05, 0) is 31.7 Å². The second kappa shape index (κ2) is 8.92. The van der Waals surface area contributed by atoms with Crippen molar-refractivity contribution in [2.75, 3.05) is 26.7 Å². The number of hydrogen-bond acceptors (Lipinski definition) is 3. The predicted octanol–water partition coefficient (Wildman–Crippen LogP) is 2.02. The zero-order valence-corrected chi connectivity index (χ0v) is 16.2. The molecule has 0 aliphatic carbocycles. The van der Waals surface area contributed by atoms with Crippen LogP contribution < -0.4 is 10.6 Å². The number of guanidine groups is 1. The highest BCUT2D eigenvalue weighted by Crippen LogP contribution is 2.28. The van der Waals surface area contributed by atoms with Gasteiger partial charge in [-0.3, -0.25) is 4.99 Å². The number of nitrogens with zero attached hydrogens (tertiary/aromatic N) is 2. The maximum Gasteiger partial charge on any atom is 0.511 e. The van der Waals surface area contributed by atoms with E-state index in [0.717, 1.165) is 6.42 Å². The molecule has 0 amide bonds. The van der Waals surface area contributed by atoms with Gasteiger partial charge < -0.3 is 10.6 Å². The summed E-state index contributed by atoms with van der Waals surface area (Å²) < 4.78 is 61.2. The van der Waals surface area contributed by atoms with Gasteiger partial charge in [0, 0.05) is 32.7 Å². The van der Waals surface area contributed by atoms with Crippen LogP contribution >= 0.6 is 0 Å². The molecule has 1 heterocycles. The van der Waals surface area contributed by atoms with E-state index in [-0.39, 0.29) is 32.0 Å². The Morgan fingerprint density at radius 1 is 1.30 bits per heavy atom. The minimum Gasteiger partial charge on any atom is -0.356 e. The molecule has 0 atom stereocenters. The fraction of sp³-hybridized carbons (Fsp3) is 0.588. The monoisotopic (exact) mass is 406 g/mol. The molecular weight excluding hydrogens is 381 g/mol. The van der Waals surface area contributed by atoms with Gasteiger partial charge in [0.15, 0.2) is 5.96 Å². The molecule has 10 heteroatoms. The summed E-state index contributed by atoms with van der Waals surface area (Å²) in [6.07, 6.45) is 1.38. The zero-order chi connectivity index (χ0) is 20.1. The highest BCUT2D eigenvalue weighted by atomic mass is 32.2. The third kappa shape index (κ3) is 5.83. The normalized spacial score (nSPS) is 17.7. The molecule has 1 saturated heterocycles. The number of aliphatic imine (C=N–C) groups is 1. The van der Waals surface area contributed by atoms with E-state index in [2.05, 4.69) is 21.7 Å².